The number of nitrogens with one attached hydrogen (secondary N) is 3. The van der Waals surface area contributed by atoms with Crippen molar-refractivity contribution < 1.29 is 9.59 Å². The SMILES string of the molecule is CCCCCC(=O)Nc1ccc(NC(=S)NC(=O)c2ccc(Br)cc2)cc1. The van der Waals surface area contributed by atoms with E-state index in [0.717, 1.165) is 35.1 Å². The minimum absolute atomic E-state index is 0.0152. The summed E-state index contributed by atoms with van der Waals surface area (Å²) in [4.78, 5) is 24.0. The molecule has 0 atom stereocenters. The zero-order valence-corrected chi connectivity index (χ0v) is 17.5. The summed E-state index contributed by atoms with van der Waals surface area (Å²) in [5, 5.41) is 8.66. The van der Waals surface area contributed by atoms with Crippen molar-refractivity contribution >= 4 is 56.4 Å². The van der Waals surface area contributed by atoms with Crippen molar-refractivity contribution in [3.05, 3.63) is 58.6 Å². The molecule has 0 radical (unpaired) electrons. The number of anilines is 2. The van der Waals surface area contributed by atoms with Crippen molar-refractivity contribution in [1.82, 2.24) is 5.32 Å². The van der Waals surface area contributed by atoms with Crippen LogP contribution in [0.15, 0.2) is 53.0 Å². The Hall–Kier alpha value is -2.25. The fourth-order valence-electron chi connectivity index (χ4n) is 2.33. The number of unbranched alkanes of at least 4 members (excludes halogenated alkanes) is 2. The highest BCUT2D eigenvalue weighted by atomic mass is 79.9. The maximum Gasteiger partial charge on any atom is 0.257 e. The third kappa shape index (κ3) is 7.48. The van der Waals surface area contributed by atoms with Gasteiger partial charge in [-0.15, -0.1) is 0 Å². The maximum atomic E-state index is 12.1. The summed E-state index contributed by atoms with van der Waals surface area (Å²) in [5.41, 5.74) is 1.97. The van der Waals surface area contributed by atoms with Gasteiger partial charge in [0.2, 0.25) is 5.91 Å². The van der Waals surface area contributed by atoms with E-state index in [1.54, 1.807) is 48.5 Å². The summed E-state index contributed by atoms with van der Waals surface area (Å²) in [5.74, 6) is -0.266. The first-order valence-corrected chi connectivity index (χ1v) is 9.96. The van der Waals surface area contributed by atoms with Crippen LogP contribution in [0.3, 0.4) is 0 Å². The van der Waals surface area contributed by atoms with Crippen LogP contribution in [0, 0.1) is 0 Å². The first-order valence-electron chi connectivity index (χ1n) is 8.75. The predicted octanol–water partition coefficient (Wildman–Crippen LogP) is 5.09. The van der Waals surface area contributed by atoms with Crippen molar-refractivity contribution in [2.24, 2.45) is 0 Å². The molecular weight excluding hydrogens is 426 g/mol. The molecule has 0 saturated heterocycles. The highest BCUT2D eigenvalue weighted by Gasteiger charge is 2.08. The zero-order chi connectivity index (χ0) is 19.6. The van der Waals surface area contributed by atoms with Crippen LogP contribution in [-0.2, 0) is 4.79 Å². The van der Waals surface area contributed by atoms with Gasteiger partial charge in [-0.2, -0.15) is 0 Å². The standard InChI is InChI=1S/C20H22BrN3O2S/c1-2-3-4-5-18(25)22-16-10-12-17(13-11-16)23-20(27)24-19(26)14-6-8-15(21)9-7-14/h6-13H,2-5H2,1H3,(H,22,25)(H2,23,24,26,27). The van der Waals surface area contributed by atoms with Gasteiger partial charge in [-0.3, -0.25) is 14.9 Å². The lowest BCUT2D eigenvalue weighted by atomic mass is 10.2. The summed E-state index contributed by atoms with van der Waals surface area (Å²) >= 11 is 8.51. The summed E-state index contributed by atoms with van der Waals surface area (Å²) in [6.07, 6.45) is 3.57. The largest absolute Gasteiger partial charge is 0.332 e. The third-order valence-corrected chi connectivity index (χ3v) is 4.50. The van der Waals surface area contributed by atoms with Crippen molar-refractivity contribution in [1.29, 1.82) is 0 Å². The average Bonchev–Trinajstić information content (AvgIpc) is 2.64. The number of rotatable bonds is 7. The highest BCUT2D eigenvalue weighted by Crippen LogP contribution is 2.15. The summed E-state index contributed by atoms with van der Waals surface area (Å²) < 4.78 is 0.900. The predicted molar refractivity (Wildman–Crippen MR) is 117 cm³/mol. The number of thiocarbonyl (C=S) groups is 1. The number of hydrogen-bond donors (Lipinski definition) is 3. The molecule has 7 heteroatoms. The monoisotopic (exact) mass is 447 g/mol. The van der Waals surface area contributed by atoms with Crippen LogP contribution in [0.25, 0.3) is 0 Å². The van der Waals surface area contributed by atoms with E-state index in [1.165, 1.54) is 0 Å². The number of carbonyl (C=O) groups is 2. The Kier molecular flexibility index (Phi) is 8.42. The Labute approximate surface area is 173 Å². The van der Waals surface area contributed by atoms with Crippen LogP contribution in [0.4, 0.5) is 11.4 Å². The van der Waals surface area contributed by atoms with E-state index < -0.39 is 0 Å². The molecule has 0 fully saturated rings. The lowest BCUT2D eigenvalue weighted by Gasteiger charge is -2.11. The molecule has 0 spiro atoms. The van der Waals surface area contributed by atoms with E-state index in [0.29, 0.717) is 12.0 Å². The van der Waals surface area contributed by atoms with E-state index in [2.05, 4.69) is 38.8 Å². The fraction of sp³-hybridized carbons (Fsp3) is 0.250. The topological polar surface area (TPSA) is 70.2 Å². The molecule has 0 aliphatic carbocycles. The molecule has 0 aromatic heterocycles. The Morgan fingerprint density at radius 1 is 0.926 bits per heavy atom. The molecule has 27 heavy (non-hydrogen) atoms. The highest BCUT2D eigenvalue weighted by molar-refractivity contribution is 9.10. The van der Waals surface area contributed by atoms with Crippen molar-refractivity contribution in [3.63, 3.8) is 0 Å². The second-order valence-electron chi connectivity index (χ2n) is 6.00. The molecule has 0 unspecified atom stereocenters. The summed E-state index contributed by atoms with van der Waals surface area (Å²) in [7, 11) is 0. The number of hydrogen-bond acceptors (Lipinski definition) is 3. The minimum atomic E-state index is -0.282. The fourth-order valence-corrected chi connectivity index (χ4v) is 2.81. The average molecular weight is 448 g/mol. The Morgan fingerprint density at radius 3 is 2.11 bits per heavy atom. The first-order chi connectivity index (χ1) is 13.0. The molecule has 0 saturated carbocycles. The van der Waals surface area contributed by atoms with Gasteiger partial charge in [0.25, 0.3) is 5.91 Å². The van der Waals surface area contributed by atoms with E-state index in [9.17, 15) is 9.59 Å². The summed E-state index contributed by atoms with van der Waals surface area (Å²) in [6, 6.07) is 14.2. The van der Waals surface area contributed by atoms with Crippen LogP contribution in [0.1, 0.15) is 43.0 Å². The molecule has 0 aliphatic heterocycles. The molecule has 2 rings (SSSR count). The van der Waals surface area contributed by atoms with Crippen molar-refractivity contribution in [3.8, 4) is 0 Å². The van der Waals surface area contributed by atoms with Crippen LogP contribution in [-0.4, -0.2) is 16.9 Å². The van der Waals surface area contributed by atoms with E-state index in [-0.39, 0.29) is 16.9 Å². The number of halogens is 1. The van der Waals surface area contributed by atoms with Gasteiger partial charge < -0.3 is 10.6 Å². The van der Waals surface area contributed by atoms with Crippen LogP contribution >= 0.6 is 28.1 Å². The molecule has 3 N–H and O–H groups in total. The van der Waals surface area contributed by atoms with Gasteiger partial charge in [-0.25, -0.2) is 0 Å². The molecule has 142 valence electrons. The molecule has 0 aliphatic rings. The number of amides is 2. The van der Waals surface area contributed by atoms with Gasteiger partial charge in [-0.1, -0.05) is 35.7 Å². The van der Waals surface area contributed by atoms with Gasteiger partial charge in [0.15, 0.2) is 5.11 Å². The van der Waals surface area contributed by atoms with Gasteiger partial charge in [0.05, 0.1) is 0 Å². The normalized spacial score (nSPS) is 10.1. The molecule has 2 amide bonds. The van der Waals surface area contributed by atoms with Crippen molar-refractivity contribution in [2.75, 3.05) is 10.6 Å². The third-order valence-electron chi connectivity index (χ3n) is 3.77. The lowest BCUT2D eigenvalue weighted by molar-refractivity contribution is -0.116. The summed E-state index contributed by atoms with van der Waals surface area (Å²) in [6.45, 7) is 2.11. The molecule has 0 heterocycles. The molecule has 5 nitrogen and oxygen atoms in total. The zero-order valence-electron chi connectivity index (χ0n) is 15.0. The molecule has 2 aromatic carbocycles. The van der Waals surface area contributed by atoms with Gasteiger partial charge >= 0.3 is 0 Å². The minimum Gasteiger partial charge on any atom is -0.332 e. The lowest BCUT2D eigenvalue weighted by Crippen LogP contribution is -2.34. The molecule has 0 bridgehead atoms. The second-order valence-corrected chi connectivity index (χ2v) is 7.32. The van der Waals surface area contributed by atoms with Crippen LogP contribution < -0.4 is 16.0 Å². The Morgan fingerprint density at radius 2 is 1.52 bits per heavy atom. The van der Waals surface area contributed by atoms with Gasteiger partial charge in [-0.05, 0) is 67.2 Å². The van der Waals surface area contributed by atoms with Gasteiger partial charge in [0.1, 0.15) is 0 Å². The van der Waals surface area contributed by atoms with Gasteiger partial charge in [0, 0.05) is 27.8 Å². The number of carbonyl (C=O) groups excluding carboxylic acids is 2. The van der Waals surface area contributed by atoms with E-state index >= 15 is 0 Å². The van der Waals surface area contributed by atoms with E-state index in [1.807, 2.05) is 0 Å². The first kappa shape index (κ1) is 21.1. The smallest absolute Gasteiger partial charge is 0.257 e. The Bertz CT molecular complexity index is 792. The second kappa shape index (κ2) is 10.8. The van der Waals surface area contributed by atoms with E-state index in [4.69, 9.17) is 12.2 Å². The quantitative estimate of drug-likeness (QED) is 0.408. The molecule has 2 aromatic rings. The van der Waals surface area contributed by atoms with Crippen LogP contribution in [0.2, 0.25) is 0 Å². The molecular formula is C20H22BrN3O2S. The number of benzene rings is 2. The maximum absolute atomic E-state index is 12.1. The van der Waals surface area contributed by atoms with Crippen LogP contribution in [0.5, 0.6) is 0 Å². The van der Waals surface area contributed by atoms with Crippen molar-refractivity contribution in [2.45, 2.75) is 32.6 Å². The Balaban J connectivity index is 1.82.